The van der Waals surface area contributed by atoms with E-state index in [0.717, 1.165) is 16.8 Å². The maximum Gasteiger partial charge on any atom is 0.287 e. The number of benzene rings is 1. The molecule has 2 heterocycles. The first-order valence-electron chi connectivity index (χ1n) is 8.64. The molecule has 0 bridgehead atoms. The number of nitrogens with one attached hydrogen (secondary N) is 2. The summed E-state index contributed by atoms with van der Waals surface area (Å²) in [6.45, 7) is 4.63. The molecule has 27 heavy (non-hydrogen) atoms. The van der Waals surface area contributed by atoms with Gasteiger partial charge in [-0.15, -0.1) is 0 Å². The Kier molecular flexibility index (Phi) is 5.52. The van der Waals surface area contributed by atoms with Gasteiger partial charge in [0.15, 0.2) is 5.69 Å². The number of hydrogen-bond donors (Lipinski definition) is 2. The van der Waals surface area contributed by atoms with Gasteiger partial charge in [-0.1, -0.05) is 24.3 Å². The number of aromatic nitrogens is 2. The molecule has 7 nitrogen and oxygen atoms in total. The van der Waals surface area contributed by atoms with E-state index in [0.29, 0.717) is 18.7 Å². The fraction of sp³-hybridized carbons (Fsp3) is 0.250. The monoisotopic (exact) mass is 366 g/mol. The second kappa shape index (κ2) is 8.01. The van der Waals surface area contributed by atoms with Crippen LogP contribution in [-0.2, 0) is 4.74 Å². The van der Waals surface area contributed by atoms with Crippen LogP contribution >= 0.6 is 0 Å². The van der Waals surface area contributed by atoms with Gasteiger partial charge >= 0.3 is 0 Å². The number of nitrogens with zero attached hydrogens (tertiary/aromatic N) is 2. The zero-order valence-electron chi connectivity index (χ0n) is 15.6. The summed E-state index contributed by atoms with van der Waals surface area (Å²) >= 11 is 0. The highest BCUT2D eigenvalue weighted by molar-refractivity contribution is 6.09. The number of fused-ring (bicyclic) bond motifs is 1. The maximum atomic E-state index is 12.9. The molecular formula is C20H22N4O3. The van der Waals surface area contributed by atoms with E-state index in [-0.39, 0.29) is 23.3 Å². The molecule has 0 unspecified atom stereocenters. The Bertz CT molecular complexity index is 974. The number of methoxy groups -OCH3 is 1. The smallest absolute Gasteiger partial charge is 0.287 e. The molecule has 0 saturated carbocycles. The maximum absolute atomic E-state index is 12.9. The first-order valence-corrected chi connectivity index (χ1v) is 8.64. The summed E-state index contributed by atoms with van der Waals surface area (Å²) in [5.74, 6) is -0.556. The number of amides is 2. The third kappa shape index (κ3) is 3.83. The summed E-state index contributed by atoms with van der Waals surface area (Å²) in [4.78, 5) is 29.7. The van der Waals surface area contributed by atoms with Gasteiger partial charge in [-0.2, -0.15) is 0 Å². The molecule has 0 atom stereocenters. The van der Waals surface area contributed by atoms with E-state index < -0.39 is 0 Å². The minimum atomic E-state index is -0.362. The second-order valence-electron chi connectivity index (χ2n) is 6.21. The van der Waals surface area contributed by atoms with Crippen LogP contribution in [0.1, 0.15) is 32.2 Å². The fourth-order valence-electron chi connectivity index (χ4n) is 2.90. The summed E-state index contributed by atoms with van der Waals surface area (Å²) in [7, 11) is 1.56. The van der Waals surface area contributed by atoms with Crippen LogP contribution in [0.3, 0.4) is 0 Å². The lowest BCUT2D eigenvalue weighted by Gasteiger charge is -2.10. The van der Waals surface area contributed by atoms with Crippen molar-refractivity contribution < 1.29 is 14.3 Å². The molecule has 0 aliphatic heterocycles. The van der Waals surface area contributed by atoms with E-state index in [4.69, 9.17) is 4.74 Å². The number of anilines is 1. The summed E-state index contributed by atoms with van der Waals surface area (Å²) < 4.78 is 6.55. The third-order valence-corrected chi connectivity index (χ3v) is 4.28. The highest BCUT2D eigenvalue weighted by Crippen LogP contribution is 2.21. The van der Waals surface area contributed by atoms with Crippen molar-refractivity contribution in [2.75, 3.05) is 25.6 Å². The number of pyridine rings is 1. The predicted octanol–water partition coefficient (Wildman–Crippen LogP) is 2.58. The van der Waals surface area contributed by atoms with E-state index >= 15 is 0 Å². The fourth-order valence-corrected chi connectivity index (χ4v) is 2.90. The van der Waals surface area contributed by atoms with Gasteiger partial charge in [0.05, 0.1) is 12.1 Å². The number of ether oxygens (including phenoxy) is 1. The second-order valence-corrected chi connectivity index (χ2v) is 6.21. The molecule has 0 aliphatic rings. The van der Waals surface area contributed by atoms with Gasteiger partial charge in [0, 0.05) is 25.5 Å². The first-order chi connectivity index (χ1) is 13.0. The Labute approximate surface area is 157 Å². The van der Waals surface area contributed by atoms with Crippen molar-refractivity contribution in [1.82, 2.24) is 14.7 Å². The van der Waals surface area contributed by atoms with Crippen LogP contribution in [0.2, 0.25) is 0 Å². The number of para-hydroxylation sites is 1. The van der Waals surface area contributed by atoms with E-state index in [1.165, 1.54) is 0 Å². The summed E-state index contributed by atoms with van der Waals surface area (Å²) in [6.07, 6.45) is 1.71. The average molecular weight is 366 g/mol. The molecule has 0 fully saturated rings. The van der Waals surface area contributed by atoms with Crippen molar-refractivity contribution in [3.63, 3.8) is 0 Å². The highest BCUT2D eigenvalue weighted by Gasteiger charge is 2.22. The minimum absolute atomic E-state index is 0.161. The summed E-state index contributed by atoms with van der Waals surface area (Å²) in [5.41, 5.74) is 3.45. The van der Waals surface area contributed by atoms with Crippen LogP contribution in [-0.4, -0.2) is 41.5 Å². The number of aryl methyl sites for hydroxylation is 2. The van der Waals surface area contributed by atoms with Crippen molar-refractivity contribution in [3.8, 4) is 0 Å². The zero-order chi connectivity index (χ0) is 19.4. The van der Waals surface area contributed by atoms with Gasteiger partial charge in [-0.05, 0) is 37.1 Å². The largest absolute Gasteiger partial charge is 0.383 e. The van der Waals surface area contributed by atoms with Gasteiger partial charge < -0.3 is 15.4 Å². The number of hydrogen-bond acceptors (Lipinski definition) is 4. The molecular weight excluding hydrogens is 344 g/mol. The lowest BCUT2D eigenvalue weighted by Crippen LogP contribution is -2.28. The van der Waals surface area contributed by atoms with Crippen LogP contribution in [0.25, 0.3) is 5.52 Å². The van der Waals surface area contributed by atoms with Crippen LogP contribution in [0.15, 0.2) is 42.6 Å². The lowest BCUT2D eigenvalue weighted by atomic mass is 10.1. The van der Waals surface area contributed by atoms with Crippen LogP contribution < -0.4 is 10.6 Å². The molecule has 7 heteroatoms. The molecule has 2 amide bonds. The Balaban J connectivity index is 1.95. The molecule has 1 aromatic carbocycles. The molecule has 0 aliphatic carbocycles. The number of carbonyl (C=O) groups is 2. The van der Waals surface area contributed by atoms with E-state index in [1.807, 2.05) is 32.0 Å². The Morgan fingerprint density at radius 3 is 2.52 bits per heavy atom. The Morgan fingerprint density at radius 2 is 1.81 bits per heavy atom. The van der Waals surface area contributed by atoms with Crippen molar-refractivity contribution in [2.45, 2.75) is 13.8 Å². The number of imidazole rings is 1. The molecule has 0 saturated heterocycles. The van der Waals surface area contributed by atoms with Crippen molar-refractivity contribution >= 4 is 23.0 Å². The van der Waals surface area contributed by atoms with E-state index in [9.17, 15) is 9.59 Å². The topological polar surface area (TPSA) is 84.7 Å². The normalized spacial score (nSPS) is 10.8. The predicted molar refractivity (Wildman–Crippen MR) is 103 cm³/mol. The van der Waals surface area contributed by atoms with Crippen molar-refractivity contribution in [1.29, 1.82) is 0 Å². The molecule has 140 valence electrons. The minimum Gasteiger partial charge on any atom is -0.383 e. The Morgan fingerprint density at radius 1 is 1.07 bits per heavy atom. The van der Waals surface area contributed by atoms with Gasteiger partial charge in [0.25, 0.3) is 11.8 Å². The quantitative estimate of drug-likeness (QED) is 0.657. The van der Waals surface area contributed by atoms with E-state index in [1.54, 1.807) is 35.9 Å². The van der Waals surface area contributed by atoms with Crippen LogP contribution in [0.5, 0.6) is 0 Å². The first kappa shape index (κ1) is 18.6. The highest BCUT2D eigenvalue weighted by atomic mass is 16.5. The van der Waals surface area contributed by atoms with Crippen molar-refractivity contribution in [2.24, 2.45) is 0 Å². The Hall–Kier alpha value is -3.19. The SMILES string of the molecule is COCCNC(=O)c1nc(C(=O)Nc2c(C)cccc2C)c2ccccn12. The van der Waals surface area contributed by atoms with Crippen LogP contribution in [0.4, 0.5) is 5.69 Å². The molecule has 3 rings (SSSR count). The van der Waals surface area contributed by atoms with Gasteiger partial charge in [0.2, 0.25) is 5.82 Å². The lowest BCUT2D eigenvalue weighted by molar-refractivity contribution is 0.0926. The third-order valence-electron chi connectivity index (χ3n) is 4.28. The zero-order valence-corrected chi connectivity index (χ0v) is 15.6. The standard InChI is InChI=1S/C20H22N4O3/c1-13-7-6-8-14(2)16(13)23-19(25)17-15-9-4-5-11-24(15)18(22-17)20(26)21-10-12-27-3/h4-9,11H,10,12H2,1-3H3,(H,21,26)(H,23,25). The van der Waals surface area contributed by atoms with Crippen LogP contribution in [0, 0.1) is 13.8 Å². The number of carbonyl (C=O) groups excluding carboxylic acids is 2. The molecule has 2 aromatic heterocycles. The number of rotatable bonds is 6. The molecule has 0 radical (unpaired) electrons. The van der Waals surface area contributed by atoms with Gasteiger partial charge in [-0.3, -0.25) is 14.0 Å². The van der Waals surface area contributed by atoms with E-state index in [2.05, 4.69) is 15.6 Å². The molecule has 2 N–H and O–H groups in total. The molecule has 0 spiro atoms. The summed E-state index contributed by atoms with van der Waals surface area (Å²) in [5, 5.41) is 5.66. The summed E-state index contributed by atoms with van der Waals surface area (Å²) in [6, 6.07) is 11.2. The average Bonchev–Trinajstić information content (AvgIpc) is 3.05. The molecule has 3 aromatic rings. The van der Waals surface area contributed by atoms with Gasteiger partial charge in [-0.25, -0.2) is 4.98 Å². The van der Waals surface area contributed by atoms with Crippen molar-refractivity contribution in [3.05, 3.63) is 65.2 Å². The van der Waals surface area contributed by atoms with Gasteiger partial charge in [0.1, 0.15) is 0 Å².